The van der Waals surface area contributed by atoms with E-state index in [1.165, 1.54) is 11.3 Å². The predicted molar refractivity (Wildman–Crippen MR) is 83.4 cm³/mol. The maximum absolute atomic E-state index is 11.9. The van der Waals surface area contributed by atoms with E-state index in [1.807, 2.05) is 12.1 Å². The Morgan fingerprint density at radius 2 is 2.38 bits per heavy atom. The summed E-state index contributed by atoms with van der Waals surface area (Å²) in [5, 5.41) is 10.6. The smallest absolute Gasteiger partial charge is 0.291 e. The zero-order valence-corrected chi connectivity index (χ0v) is 12.9. The summed E-state index contributed by atoms with van der Waals surface area (Å²) in [6.07, 6.45) is 3.13. The van der Waals surface area contributed by atoms with E-state index in [-0.39, 0.29) is 5.69 Å². The first-order valence-corrected chi connectivity index (χ1v) is 7.51. The molecule has 0 aliphatic carbocycles. The van der Waals surface area contributed by atoms with E-state index in [1.54, 1.807) is 30.7 Å². The van der Waals surface area contributed by atoms with E-state index in [0.717, 1.165) is 8.66 Å². The van der Waals surface area contributed by atoms with Crippen molar-refractivity contribution in [2.75, 3.05) is 0 Å². The molecule has 3 aromatic rings. The normalized spacial score (nSPS) is 11.1. The van der Waals surface area contributed by atoms with Crippen LogP contribution in [0.4, 0.5) is 0 Å². The number of thiophene rings is 1. The van der Waals surface area contributed by atoms with Crippen LogP contribution in [-0.4, -0.2) is 22.3 Å². The van der Waals surface area contributed by atoms with Crippen LogP contribution in [-0.2, 0) is 0 Å². The summed E-state index contributed by atoms with van der Waals surface area (Å²) < 4.78 is 6.22. The number of carbonyl (C=O) groups excluding carboxylic acids is 1. The summed E-state index contributed by atoms with van der Waals surface area (Å²) in [5.74, 6) is 0.226. The van der Waals surface area contributed by atoms with Crippen molar-refractivity contribution >= 4 is 39.4 Å². The number of nitrogens with one attached hydrogen (secondary N) is 2. The Hall–Kier alpha value is -2.19. The van der Waals surface area contributed by atoms with E-state index < -0.39 is 5.91 Å². The molecule has 0 aliphatic rings. The lowest BCUT2D eigenvalue weighted by atomic mass is 10.3. The maximum Gasteiger partial charge on any atom is 0.291 e. The minimum Gasteiger partial charge on any atom is -0.463 e. The second-order valence-electron chi connectivity index (χ2n) is 3.99. The van der Waals surface area contributed by atoms with E-state index >= 15 is 0 Å². The number of carbonyl (C=O) groups is 1. The van der Waals surface area contributed by atoms with Gasteiger partial charge in [-0.15, -0.1) is 11.3 Å². The summed E-state index contributed by atoms with van der Waals surface area (Å²) in [6, 6.07) is 8.96. The fraction of sp³-hybridized carbons (Fsp3) is 0. The van der Waals surface area contributed by atoms with Gasteiger partial charge in [-0.3, -0.25) is 9.89 Å². The van der Waals surface area contributed by atoms with Gasteiger partial charge < -0.3 is 4.42 Å². The first-order valence-electron chi connectivity index (χ1n) is 5.90. The molecule has 0 saturated carbocycles. The largest absolute Gasteiger partial charge is 0.463 e. The van der Waals surface area contributed by atoms with Crippen LogP contribution in [0.5, 0.6) is 0 Å². The molecule has 1 amide bonds. The molecular weight excluding hydrogens is 356 g/mol. The Kier molecular flexibility index (Phi) is 3.98. The van der Waals surface area contributed by atoms with Crippen LogP contribution in [0.1, 0.15) is 15.4 Å². The highest BCUT2D eigenvalue weighted by molar-refractivity contribution is 9.11. The molecule has 0 aliphatic heterocycles. The molecule has 0 fully saturated rings. The zero-order chi connectivity index (χ0) is 14.7. The summed E-state index contributed by atoms with van der Waals surface area (Å²) >= 11 is 4.88. The van der Waals surface area contributed by atoms with Gasteiger partial charge in [0.25, 0.3) is 5.91 Å². The van der Waals surface area contributed by atoms with Gasteiger partial charge in [0.2, 0.25) is 0 Å². The van der Waals surface area contributed by atoms with Crippen LogP contribution in [0.25, 0.3) is 11.5 Å². The highest BCUT2D eigenvalue weighted by Gasteiger charge is 2.11. The fourth-order valence-electron chi connectivity index (χ4n) is 1.61. The number of furan rings is 1. The van der Waals surface area contributed by atoms with E-state index in [9.17, 15) is 4.79 Å². The number of H-pyrrole nitrogens is 1. The molecule has 2 N–H and O–H groups in total. The minimum absolute atomic E-state index is 0.242. The van der Waals surface area contributed by atoms with E-state index in [0.29, 0.717) is 11.5 Å². The lowest BCUT2D eigenvalue weighted by molar-refractivity contribution is 0.0950. The summed E-state index contributed by atoms with van der Waals surface area (Å²) in [7, 11) is 0. The number of rotatable bonds is 4. The van der Waals surface area contributed by atoms with Crippen LogP contribution in [0.3, 0.4) is 0 Å². The second kappa shape index (κ2) is 6.06. The van der Waals surface area contributed by atoms with Gasteiger partial charge in [-0.1, -0.05) is 0 Å². The third kappa shape index (κ3) is 3.29. The Morgan fingerprint density at radius 3 is 3.10 bits per heavy atom. The zero-order valence-electron chi connectivity index (χ0n) is 10.5. The molecule has 8 heteroatoms. The molecule has 3 heterocycles. The van der Waals surface area contributed by atoms with Crippen LogP contribution >= 0.6 is 27.3 Å². The fourth-order valence-corrected chi connectivity index (χ4v) is 2.90. The molecule has 6 nitrogen and oxygen atoms in total. The van der Waals surface area contributed by atoms with Crippen molar-refractivity contribution in [2.24, 2.45) is 5.10 Å². The van der Waals surface area contributed by atoms with Gasteiger partial charge >= 0.3 is 0 Å². The molecule has 0 saturated heterocycles. The lowest BCUT2D eigenvalue weighted by Crippen LogP contribution is -2.17. The van der Waals surface area contributed by atoms with Gasteiger partial charge in [0.1, 0.15) is 5.69 Å². The van der Waals surface area contributed by atoms with Gasteiger partial charge in [-0.25, -0.2) is 5.43 Å². The Labute approximate surface area is 132 Å². The molecule has 0 bridgehead atoms. The van der Waals surface area contributed by atoms with Crippen molar-refractivity contribution in [1.29, 1.82) is 0 Å². The second-order valence-corrected chi connectivity index (χ2v) is 6.48. The van der Waals surface area contributed by atoms with Gasteiger partial charge in [0, 0.05) is 10.9 Å². The quantitative estimate of drug-likeness (QED) is 0.550. The number of halogens is 1. The molecule has 3 rings (SSSR count). The first kappa shape index (κ1) is 13.8. The van der Waals surface area contributed by atoms with Crippen molar-refractivity contribution in [3.8, 4) is 11.5 Å². The summed E-state index contributed by atoms with van der Waals surface area (Å²) in [4.78, 5) is 12.8. The molecule has 0 unspecified atom stereocenters. The molecule has 106 valence electrons. The molecular formula is C13H9BrN4O2S. The van der Waals surface area contributed by atoms with E-state index in [2.05, 4.69) is 36.7 Å². The van der Waals surface area contributed by atoms with Crippen molar-refractivity contribution < 1.29 is 9.21 Å². The molecule has 21 heavy (non-hydrogen) atoms. The van der Waals surface area contributed by atoms with Crippen LogP contribution in [0, 0.1) is 0 Å². The molecule has 3 aromatic heterocycles. The number of nitrogens with zero attached hydrogens (tertiary/aromatic N) is 2. The first-order chi connectivity index (χ1) is 10.2. The highest BCUT2D eigenvalue weighted by Crippen LogP contribution is 2.20. The van der Waals surface area contributed by atoms with Crippen molar-refractivity contribution in [3.05, 3.63) is 51.0 Å². The molecule has 0 atom stereocenters. The van der Waals surface area contributed by atoms with Crippen LogP contribution in [0.15, 0.2) is 49.9 Å². The standard InChI is InChI=1S/C13H9BrN4O2S/c14-12-4-3-8(21-12)7-15-18-13(19)10-6-9(16-17-10)11-2-1-5-20-11/h1-7H,(H,16,17)(H,18,19). The Balaban J connectivity index is 1.64. The number of amides is 1. The summed E-state index contributed by atoms with van der Waals surface area (Å²) in [6.45, 7) is 0. The molecule has 0 aromatic carbocycles. The number of aromatic nitrogens is 2. The third-order valence-electron chi connectivity index (χ3n) is 2.55. The number of hydrogen-bond acceptors (Lipinski definition) is 5. The molecule has 0 spiro atoms. The average molecular weight is 365 g/mol. The monoisotopic (exact) mass is 364 g/mol. The molecule has 0 radical (unpaired) electrons. The van der Waals surface area contributed by atoms with Crippen molar-refractivity contribution in [2.45, 2.75) is 0 Å². The topological polar surface area (TPSA) is 83.3 Å². The van der Waals surface area contributed by atoms with Crippen LogP contribution in [0.2, 0.25) is 0 Å². The Morgan fingerprint density at radius 1 is 1.48 bits per heavy atom. The Bertz CT molecular complexity index is 776. The average Bonchev–Trinajstić information content (AvgIpc) is 3.19. The van der Waals surface area contributed by atoms with Gasteiger partial charge in [0.05, 0.1) is 16.3 Å². The van der Waals surface area contributed by atoms with Gasteiger partial charge in [-0.2, -0.15) is 10.2 Å². The maximum atomic E-state index is 11.9. The minimum atomic E-state index is -0.393. The van der Waals surface area contributed by atoms with Crippen molar-refractivity contribution in [1.82, 2.24) is 15.6 Å². The van der Waals surface area contributed by atoms with Gasteiger partial charge in [0.15, 0.2) is 11.5 Å². The predicted octanol–water partition coefficient (Wildman–Crippen LogP) is 3.26. The van der Waals surface area contributed by atoms with Crippen LogP contribution < -0.4 is 5.43 Å². The van der Waals surface area contributed by atoms with Crippen molar-refractivity contribution in [3.63, 3.8) is 0 Å². The third-order valence-corrected chi connectivity index (χ3v) is 4.11. The van der Waals surface area contributed by atoms with Gasteiger partial charge in [-0.05, 0) is 40.2 Å². The van der Waals surface area contributed by atoms with E-state index in [4.69, 9.17) is 4.42 Å². The summed E-state index contributed by atoms with van der Waals surface area (Å²) in [5.41, 5.74) is 3.30. The highest BCUT2D eigenvalue weighted by atomic mass is 79.9. The number of aromatic amines is 1. The number of hydrazone groups is 1. The number of hydrogen-bond donors (Lipinski definition) is 2. The SMILES string of the molecule is O=C(NN=Cc1ccc(Br)s1)c1cc(-c2ccco2)[nH]n1. The lowest BCUT2D eigenvalue weighted by Gasteiger charge is -1.93.